The molecule has 1 fully saturated rings. The fourth-order valence-corrected chi connectivity index (χ4v) is 1.89. The molecule has 1 aliphatic rings. The number of hydrazine groups is 1. The van der Waals surface area contributed by atoms with Crippen LogP contribution in [0.25, 0.3) is 0 Å². The first kappa shape index (κ1) is 15.7. The smallest absolute Gasteiger partial charge is 0.331 e. The molecule has 1 aliphatic heterocycles. The summed E-state index contributed by atoms with van der Waals surface area (Å²) in [5.74, 6) is -1.44. The van der Waals surface area contributed by atoms with Crippen molar-refractivity contribution in [2.24, 2.45) is 5.92 Å². The molecule has 0 spiro atoms. The molecule has 2 amide bonds. The highest BCUT2D eigenvalue weighted by Crippen LogP contribution is 2.02. The third-order valence-electron chi connectivity index (χ3n) is 3.34. The van der Waals surface area contributed by atoms with E-state index in [2.05, 4.69) is 10.3 Å². The number of hydrogen-bond acceptors (Lipinski definition) is 4. The summed E-state index contributed by atoms with van der Waals surface area (Å²) >= 11 is 0. The lowest BCUT2D eigenvalue weighted by molar-refractivity contribution is -0.141. The van der Waals surface area contributed by atoms with E-state index in [4.69, 9.17) is 5.11 Å². The van der Waals surface area contributed by atoms with Gasteiger partial charge in [0.25, 0.3) is 0 Å². The summed E-state index contributed by atoms with van der Waals surface area (Å²) in [4.78, 5) is 26.6. The van der Waals surface area contributed by atoms with E-state index in [0.717, 1.165) is 26.2 Å². The fourth-order valence-electron chi connectivity index (χ4n) is 1.89. The van der Waals surface area contributed by atoms with Crippen molar-refractivity contribution in [1.82, 2.24) is 20.2 Å². The van der Waals surface area contributed by atoms with Gasteiger partial charge in [-0.3, -0.25) is 10.2 Å². The van der Waals surface area contributed by atoms with Crippen LogP contribution in [-0.4, -0.2) is 78.2 Å². The highest BCUT2D eigenvalue weighted by molar-refractivity contribution is 5.75. The van der Waals surface area contributed by atoms with Gasteiger partial charge in [0, 0.05) is 39.3 Å². The number of hydrogen-bond donors (Lipinski definition) is 2. The number of nitrogens with zero attached hydrogens (tertiary/aromatic N) is 3. The predicted octanol–water partition coefficient (Wildman–Crippen LogP) is -0.0990. The maximum absolute atomic E-state index is 12.0. The van der Waals surface area contributed by atoms with Gasteiger partial charge in [-0.05, 0) is 14.0 Å². The monoisotopic (exact) mass is 272 g/mol. The molecule has 7 heteroatoms. The Morgan fingerprint density at radius 2 is 1.89 bits per heavy atom. The molecule has 7 nitrogen and oxygen atoms in total. The lowest BCUT2D eigenvalue weighted by atomic mass is 10.2. The van der Waals surface area contributed by atoms with E-state index >= 15 is 0 Å². The van der Waals surface area contributed by atoms with Gasteiger partial charge in [0.15, 0.2) is 0 Å². The SMILES string of the molecule is CCN(CC(C)C(=O)O)C(=O)NN1CCN(C)CC1. The molecule has 110 valence electrons. The van der Waals surface area contributed by atoms with Gasteiger partial charge in [0.1, 0.15) is 0 Å². The van der Waals surface area contributed by atoms with Gasteiger partial charge in [-0.1, -0.05) is 6.92 Å². The molecule has 2 N–H and O–H groups in total. The summed E-state index contributed by atoms with van der Waals surface area (Å²) in [6.07, 6.45) is 0. The van der Waals surface area contributed by atoms with Gasteiger partial charge in [0.05, 0.1) is 5.92 Å². The van der Waals surface area contributed by atoms with Crippen LogP contribution < -0.4 is 5.43 Å². The normalized spacial score (nSPS) is 18.9. The summed E-state index contributed by atoms with van der Waals surface area (Å²) < 4.78 is 0. The zero-order chi connectivity index (χ0) is 14.4. The van der Waals surface area contributed by atoms with Crippen LogP contribution in [0, 0.1) is 5.92 Å². The number of amides is 2. The minimum absolute atomic E-state index is 0.222. The Balaban J connectivity index is 2.43. The number of carboxylic acids is 1. The first-order valence-electron chi connectivity index (χ1n) is 6.66. The van der Waals surface area contributed by atoms with Crippen LogP contribution in [0.5, 0.6) is 0 Å². The van der Waals surface area contributed by atoms with E-state index in [1.807, 2.05) is 19.0 Å². The van der Waals surface area contributed by atoms with Crippen molar-refractivity contribution in [1.29, 1.82) is 0 Å². The second-order valence-electron chi connectivity index (χ2n) is 4.99. The predicted molar refractivity (Wildman–Crippen MR) is 71.6 cm³/mol. The zero-order valence-corrected chi connectivity index (χ0v) is 11.9. The molecule has 1 atom stereocenters. The number of likely N-dealkylation sites (N-methyl/N-ethyl adjacent to an activating group) is 1. The maximum Gasteiger partial charge on any atom is 0.331 e. The van der Waals surface area contributed by atoms with E-state index in [1.165, 1.54) is 4.90 Å². The first-order valence-corrected chi connectivity index (χ1v) is 6.66. The van der Waals surface area contributed by atoms with Crippen molar-refractivity contribution in [2.45, 2.75) is 13.8 Å². The van der Waals surface area contributed by atoms with Crippen LogP contribution in [0.15, 0.2) is 0 Å². The van der Waals surface area contributed by atoms with Gasteiger partial charge in [-0.2, -0.15) is 0 Å². The number of piperazine rings is 1. The molecule has 0 aromatic carbocycles. The molecule has 19 heavy (non-hydrogen) atoms. The first-order chi connectivity index (χ1) is 8.93. The van der Waals surface area contributed by atoms with E-state index in [0.29, 0.717) is 6.54 Å². The molecule has 1 unspecified atom stereocenters. The molecular weight excluding hydrogens is 248 g/mol. The topological polar surface area (TPSA) is 76.1 Å². The number of rotatable bonds is 5. The summed E-state index contributed by atoms with van der Waals surface area (Å²) in [7, 11) is 2.05. The number of aliphatic carboxylic acids is 1. The molecule has 0 bridgehead atoms. The lowest BCUT2D eigenvalue weighted by Crippen LogP contribution is -2.56. The van der Waals surface area contributed by atoms with Gasteiger partial charge >= 0.3 is 12.0 Å². The minimum atomic E-state index is -0.883. The number of carbonyl (C=O) groups is 2. The largest absolute Gasteiger partial charge is 0.481 e. The standard InChI is InChI=1S/C12H24N4O3/c1-4-15(9-10(2)11(17)18)12(19)13-16-7-5-14(3)6-8-16/h10H,4-9H2,1-3H3,(H,13,19)(H,17,18). The molecule has 1 rings (SSSR count). The summed E-state index contributed by atoms with van der Waals surface area (Å²) in [5, 5.41) is 10.8. The molecule has 1 saturated heterocycles. The third kappa shape index (κ3) is 5.04. The third-order valence-corrected chi connectivity index (χ3v) is 3.34. The van der Waals surface area contributed by atoms with Crippen LogP contribution in [0.4, 0.5) is 4.79 Å². The number of carbonyl (C=O) groups excluding carboxylic acids is 1. The van der Waals surface area contributed by atoms with E-state index < -0.39 is 11.9 Å². The second-order valence-corrected chi connectivity index (χ2v) is 4.99. The Morgan fingerprint density at radius 1 is 1.32 bits per heavy atom. The van der Waals surface area contributed by atoms with Gasteiger partial charge in [-0.15, -0.1) is 0 Å². The summed E-state index contributed by atoms with van der Waals surface area (Å²) in [5.41, 5.74) is 2.84. The van der Waals surface area contributed by atoms with Gasteiger partial charge in [0.2, 0.25) is 0 Å². The molecule has 1 heterocycles. The van der Waals surface area contributed by atoms with Crippen molar-refractivity contribution < 1.29 is 14.7 Å². The Kier molecular flexibility index (Phi) is 6.04. The van der Waals surface area contributed by atoms with E-state index in [9.17, 15) is 9.59 Å². The van der Waals surface area contributed by atoms with Crippen LogP contribution in [0.1, 0.15) is 13.8 Å². The van der Waals surface area contributed by atoms with Crippen molar-refractivity contribution in [2.75, 3.05) is 46.3 Å². The Morgan fingerprint density at radius 3 is 2.37 bits per heavy atom. The Hall–Kier alpha value is -1.34. The minimum Gasteiger partial charge on any atom is -0.481 e. The number of urea groups is 1. The molecular formula is C12H24N4O3. The quantitative estimate of drug-likeness (QED) is 0.731. The second kappa shape index (κ2) is 7.30. The average molecular weight is 272 g/mol. The van der Waals surface area contributed by atoms with Crippen molar-refractivity contribution >= 4 is 12.0 Å². The summed E-state index contributed by atoms with van der Waals surface area (Å²) in [6, 6.07) is -0.222. The highest BCUT2D eigenvalue weighted by Gasteiger charge is 2.22. The molecule has 0 saturated carbocycles. The molecule has 0 aromatic heterocycles. The van der Waals surface area contributed by atoms with Crippen molar-refractivity contribution in [3.63, 3.8) is 0 Å². The fraction of sp³-hybridized carbons (Fsp3) is 0.833. The van der Waals surface area contributed by atoms with Crippen molar-refractivity contribution in [3.05, 3.63) is 0 Å². The van der Waals surface area contributed by atoms with Crippen LogP contribution in [-0.2, 0) is 4.79 Å². The maximum atomic E-state index is 12.0. The molecule has 0 aromatic rings. The van der Waals surface area contributed by atoms with Crippen LogP contribution in [0.2, 0.25) is 0 Å². The van der Waals surface area contributed by atoms with E-state index in [-0.39, 0.29) is 12.6 Å². The van der Waals surface area contributed by atoms with Crippen LogP contribution in [0.3, 0.4) is 0 Å². The van der Waals surface area contributed by atoms with E-state index in [1.54, 1.807) is 6.92 Å². The zero-order valence-electron chi connectivity index (χ0n) is 11.9. The molecule has 0 radical (unpaired) electrons. The van der Waals surface area contributed by atoms with Crippen molar-refractivity contribution in [3.8, 4) is 0 Å². The van der Waals surface area contributed by atoms with Gasteiger partial charge in [-0.25, -0.2) is 9.80 Å². The van der Waals surface area contributed by atoms with Gasteiger partial charge < -0.3 is 14.9 Å². The summed E-state index contributed by atoms with van der Waals surface area (Å²) in [6.45, 7) is 7.58. The Bertz CT molecular complexity index is 316. The highest BCUT2D eigenvalue weighted by atomic mass is 16.4. The van der Waals surface area contributed by atoms with Crippen LogP contribution >= 0.6 is 0 Å². The average Bonchev–Trinajstić information content (AvgIpc) is 2.38. The number of carboxylic acid groups (broad SMARTS) is 1. The molecule has 0 aliphatic carbocycles. The lowest BCUT2D eigenvalue weighted by Gasteiger charge is -2.34. The number of nitrogens with one attached hydrogen (secondary N) is 1. The Labute approximate surface area is 114 Å².